The molecule has 2 heterocycles. The first-order valence-corrected chi connectivity index (χ1v) is 8.06. The summed E-state index contributed by atoms with van der Waals surface area (Å²) in [5.41, 5.74) is 3.02. The predicted octanol–water partition coefficient (Wildman–Crippen LogP) is 3.44. The number of nitrogens with zero attached hydrogens (tertiary/aromatic N) is 2. The zero-order valence-corrected chi connectivity index (χ0v) is 13.5. The van der Waals surface area contributed by atoms with Crippen molar-refractivity contribution in [2.45, 2.75) is 12.8 Å². The van der Waals surface area contributed by atoms with Crippen molar-refractivity contribution in [3.05, 3.63) is 59.1 Å². The second-order valence-electron chi connectivity index (χ2n) is 5.87. The number of anilines is 2. The van der Waals surface area contributed by atoms with Gasteiger partial charge in [-0.2, -0.15) is 5.10 Å². The van der Waals surface area contributed by atoms with Gasteiger partial charge in [0.05, 0.1) is 11.4 Å². The third-order valence-corrected chi connectivity index (χ3v) is 4.48. The minimum absolute atomic E-state index is 0.0922. The first-order valence-electron chi connectivity index (χ1n) is 7.68. The van der Waals surface area contributed by atoms with Crippen LogP contribution < -0.4 is 10.3 Å². The Bertz CT molecular complexity index is 861. The molecule has 2 aliphatic heterocycles. The Hall–Kier alpha value is -2.66. The van der Waals surface area contributed by atoms with Crippen molar-refractivity contribution in [2.24, 2.45) is 11.0 Å². The van der Waals surface area contributed by atoms with Crippen LogP contribution in [0.4, 0.5) is 11.4 Å². The quantitative estimate of drug-likeness (QED) is 0.865. The van der Waals surface area contributed by atoms with E-state index in [4.69, 9.17) is 11.6 Å². The van der Waals surface area contributed by atoms with Crippen molar-refractivity contribution in [2.75, 3.05) is 10.3 Å². The lowest BCUT2D eigenvalue weighted by atomic mass is 9.89. The van der Waals surface area contributed by atoms with Gasteiger partial charge >= 0.3 is 0 Å². The topological polar surface area (TPSA) is 61.8 Å². The van der Waals surface area contributed by atoms with Gasteiger partial charge in [-0.25, -0.2) is 5.01 Å². The first-order chi connectivity index (χ1) is 11.6. The van der Waals surface area contributed by atoms with E-state index in [2.05, 4.69) is 10.4 Å². The molecule has 0 saturated heterocycles. The summed E-state index contributed by atoms with van der Waals surface area (Å²) >= 11 is 5.92. The molecule has 0 spiro atoms. The van der Waals surface area contributed by atoms with Crippen LogP contribution in [0.1, 0.15) is 18.4 Å². The van der Waals surface area contributed by atoms with Crippen LogP contribution in [0.5, 0.6) is 0 Å². The average molecular weight is 340 g/mol. The number of hydrogen-bond acceptors (Lipinski definition) is 3. The molecule has 0 aliphatic carbocycles. The van der Waals surface area contributed by atoms with Gasteiger partial charge in [-0.3, -0.25) is 9.59 Å². The third kappa shape index (κ3) is 2.57. The number of nitrogens with one attached hydrogen (secondary N) is 1. The number of para-hydroxylation sites is 1. The number of hydrogen-bond donors (Lipinski definition) is 1. The van der Waals surface area contributed by atoms with Crippen LogP contribution >= 0.6 is 11.6 Å². The molecule has 4 rings (SSSR count). The molecule has 24 heavy (non-hydrogen) atoms. The van der Waals surface area contributed by atoms with Gasteiger partial charge in [-0.1, -0.05) is 29.8 Å². The highest BCUT2D eigenvalue weighted by atomic mass is 35.5. The maximum atomic E-state index is 12.5. The lowest BCUT2D eigenvalue weighted by Gasteiger charge is -2.28. The van der Waals surface area contributed by atoms with E-state index < -0.39 is 0 Å². The van der Waals surface area contributed by atoms with Crippen molar-refractivity contribution in [1.29, 1.82) is 0 Å². The van der Waals surface area contributed by atoms with Crippen LogP contribution in [0.15, 0.2) is 53.6 Å². The van der Waals surface area contributed by atoms with Crippen LogP contribution in [0.25, 0.3) is 0 Å². The van der Waals surface area contributed by atoms with Gasteiger partial charge in [-0.15, -0.1) is 0 Å². The first kappa shape index (κ1) is 14.9. The van der Waals surface area contributed by atoms with E-state index in [-0.39, 0.29) is 30.6 Å². The van der Waals surface area contributed by atoms with Crippen molar-refractivity contribution in [3.63, 3.8) is 0 Å². The number of amides is 2. The number of rotatable bonds is 1. The molecule has 5 nitrogen and oxygen atoms in total. The van der Waals surface area contributed by atoms with E-state index in [0.717, 1.165) is 17.0 Å². The molecule has 0 fully saturated rings. The largest absolute Gasteiger partial charge is 0.325 e. The average Bonchev–Trinajstić information content (AvgIpc) is 2.70. The van der Waals surface area contributed by atoms with Crippen molar-refractivity contribution < 1.29 is 9.59 Å². The second kappa shape index (κ2) is 5.76. The molecule has 0 radical (unpaired) electrons. The van der Waals surface area contributed by atoms with Crippen LogP contribution in [0, 0.1) is 5.92 Å². The fourth-order valence-corrected chi connectivity index (χ4v) is 3.23. The maximum absolute atomic E-state index is 12.5. The standard InChI is InChI=1S/C18H14ClN3O2/c19-12-5-7-13(8-6-12)22-17(24)10-11-9-16(23)20-15-4-2-1-3-14(15)18(11)21-22/h1-8,11H,9-10H2,(H,20,23). The summed E-state index contributed by atoms with van der Waals surface area (Å²) in [6.07, 6.45) is 0.511. The van der Waals surface area contributed by atoms with E-state index in [9.17, 15) is 9.59 Å². The second-order valence-corrected chi connectivity index (χ2v) is 6.30. The maximum Gasteiger partial charge on any atom is 0.248 e. The van der Waals surface area contributed by atoms with Gasteiger partial charge in [-0.05, 0) is 30.3 Å². The molecular formula is C18H14ClN3O2. The lowest BCUT2D eigenvalue weighted by molar-refractivity contribution is -0.120. The number of halogens is 1. The summed E-state index contributed by atoms with van der Waals surface area (Å²) in [7, 11) is 0. The van der Waals surface area contributed by atoms with Crippen LogP contribution in [0.2, 0.25) is 5.02 Å². The molecule has 6 heteroatoms. The molecular weight excluding hydrogens is 326 g/mol. The summed E-state index contributed by atoms with van der Waals surface area (Å²) in [6, 6.07) is 14.5. The Morgan fingerprint density at radius 2 is 1.79 bits per heavy atom. The van der Waals surface area contributed by atoms with Crippen molar-refractivity contribution >= 4 is 40.5 Å². The fraction of sp³-hybridized carbons (Fsp3) is 0.167. The van der Waals surface area contributed by atoms with E-state index >= 15 is 0 Å². The monoisotopic (exact) mass is 339 g/mol. The Labute approximate surface area is 143 Å². The molecule has 2 aliphatic rings. The van der Waals surface area contributed by atoms with E-state index in [1.54, 1.807) is 24.3 Å². The van der Waals surface area contributed by atoms with Crippen LogP contribution in [0.3, 0.4) is 0 Å². The van der Waals surface area contributed by atoms with Crippen molar-refractivity contribution in [1.82, 2.24) is 0 Å². The molecule has 2 aromatic rings. The number of hydrazone groups is 1. The fourth-order valence-electron chi connectivity index (χ4n) is 3.11. The summed E-state index contributed by atoms with van der Waals surface area (Å²) in [6.45, 7) is 0. The minimum atomic E-state index is -0.204. The van der Waals surface area contributed by atoms with Gasteiger partial charge in [0.15, 0.2) is 0 Å². The normalized spacial score (nSPS) is 19.8. The third-order valence-electron chi connectivity index (χ3n) is 4.23. The molecule has 0 bridgehead atoms. The molecule has 0 saturated carbocycles. The Balaban J connectivity index is 1.83. The van der Waals surface area contributed by atoms with Gasteiger partial charge in [0.1, 0.15) is 0 Å². The van der Waals surface area contributed by atoms with E-state index in [1.807, 2.05) is 24.3 Å². The minimum Gasteiger partial charge on any atom is -0.325 e. The van der Waals surface area contributed by atoms with Gasteiger partial charge < -0.3 is 5.32 Å². The Morgan fingerprint density at radius 3 is 2.58 bits per heavy atom. The zero-order chi connectivity index (χ0) is 16.7. The Kier molecular flexibility index (Phi) is 3.58. The lowest BCUT2D eigenvalue weighted by Crippen LogP contribution is -2.37. The SMILES string of the molecule is O=C1CC2CC(=O)N(c3ccc(Cl)cc3)N=C2c2ccccc2N1. The smallest absolute Gasteiger partial charge is 0.248 e. The summed E-state index contributed by atoms with van der Waals surface area (Å²) in [4.78, 5) is 24.6. The Morgan fingerprint density at radius 1 is 1.04 bits per heavy atom. The highest BCUT2D eigenvalue weighted by Gasteiger charge is 2.35. The van der Waals surface area contributed by atoms with Gasteiger partial charge in [0.25, 0.3) is 0 Å². The molecule has 2 amide bonds. The molecule has 1 N–H and O–H groups in total. The highest BCUT2D eigenvalue weighted by molar-refractivity contribution is 6.30. The number of fused-ring (bicyclic) bond motifs is 3. The summed E-state index contributed by atoms with van der Waals surface area (Å²) in [5.74, 6) is -0.423. The molecule has 2 aromatic carbocycles. The summed E-state index contributed by atoms with van der Waals surface area (Å²) < 4.78 is 0. The van der Waals surface area contributed by atoms with E-state index in [1.165, 1.54) is 5.01 Å². The zero-order valence-electron chi connectivity index (χ0n) is 12.7. The molecule has 120 valence electrons. The molecule has 1 atom stereocenters. The number of carbonyl (C=O) groups is 2. The van der Waals surface area contributed by atoms with Gasteiger partial charge in [0, 0.05) is 35.0 Å². The summed E-state index contributed by atoms with van der Waals surface area (Å²) in [5, 5.41) is 9.47. The van der Waals surface area contributed by atoms with Crippen molar-refractivity contribution in [3.8, 4) is 0 Å². The van der Waals surface area contributed by atoms with Crippen LogP contribution in [-0.4, -0.2) is 17.5 Å². The molecule has 1 unspecified atom stereocenters. The number of carbonyl (C=O) groups excluding carboxylic acids is 2. The van der Waals surface area contributed by atoms with E-state index in [0.29, 0.717) is 10.7 Å². The number of benzene rings is 2. The molecule has 0 aromatic heterocycles. The van der Waals surface area contributed by atoms with Gasteiger partial charge in [0.2, 0.25) is 11.8 Å². The van der Waals surface area contributed by atoms with Crippen LogP contribution in [-0.2, 0) is 9.59 Å². The highest BCUT2D eigenvalue weighted by Crippen LogP contribution is 2.33. The predicted molar refractivity (Wildman–Crippen MR) is 93.3 cm³/mol.